The minimum atomic E-state index is -0.481. The van der Waals surface area contributed by atoms with Crippen molar-refractivity contribution in [1.29, 1.82) is 0 Å². The Morgan fingerprint density at radius 2 is 1.63 bits per heavy atom. The second-order valence-corrected chi connectivity index (χ2v) is 6.48. The Hall–Kier alpha value is -3.39. The first kappa shape index (κ1) is 18.4. The monoisotopic (exact) mass is 378 g/mol. The normalized spacial score (nSPS) is 12.0. The highest BCUT2D eigenvalue weighted by molar-refractivity contribution is 7.13. The van der Waals surface area contributed by atoms with Gasteiger partial charge in [-0.2, -0.15) is 0 Å². The smallest absolute Gasteiger partial charge is 0.285 e. The summed E-state index contributed by atoms with van der Waals surface area (Å²) in [5.74, 6) is 10.4. The molecule has 3 amide bonds. The summed E-state index contributed by atoms with van der Waals surface area (Å²) in [6.07, 6.45) is 0. The number of carbonyl (C=O) groups is 3. The van der Waals surface area contributed by atoms with E-state index >= 15 is 0 Å². The molecule has 134 valence electrons. The van der Waals surface area contributed by atoms with E-state index < -0.39 is 11.8 Å². The predicted molar refractivity (Wildman–Crippen MR) is 99.7 cm³/mol. The van der Waals surface area contributed by atoms with E-state index in [2.05, 4.69) is 29.0 Å². The molecule has 1 N–H and O–H groups in total. The van der Waals surface area contributed by atoms with Crippen molar-refractivity contribution in [2.45, 2.75) is 6.92 Å². The summed E-state index contributed by atoms with van der Waals surface area (Å²) in [7, 11) is 0. The standard InChI is InChI=1S/C20H14N2O4S/c1-14(23)21-12-4-6-15-10-11-16(27-15)7-5-13-26-22-19(24)17-8-2-3-9-18(17)20(22)25/h2-3,8-11H,12-13H2,1H3,(H,21,23). The van der Waals surface area contributed by atoms with Crippen LogP contribution in [-0.2, 0) is 9.63 Å². The summed E-state index contributed by atoms with van der Waals surface area (Å²) in [6, 6.07) is 10.2. The van der Waals surface area contributed by atoms with Gasteiger partial charge >= 0.3 is 0 Å². The maximum Gasteiger partial charge on any atom is 0.285 e. The molecule has 0 spiro atoms. The number of amides is 3. The molecule has 0 saturated heterocycles. The van der Waals surface area contributed by atoms with Crippen LogP contribution < -0.4 is 5.32 Å². The fourth-order valence-corrected chi connectivity index (χ4v) is 3.03. The van der Waals surface area contributed by atoms with Crippen LogP contribution in [-0.4, -0.2) is 35.9 Å². The second kappa shape index (κ2) is 8.33. The minimum Gasteiger partial charge on any atom is -0.345 e. The Balaban J connectivity index is 1.54. The van der Waals surface area contributed by atoms with E-state index in [-0.39, 0.29) is 12.5 Å². The first-order valence-electron chi connectivity index (χ1n) is 7.99. The van der Waals surface area contributed by atoms with Crippen LogP contribution in [0.3, 0.4) is 0 Å². The van der Waals surface area contributed by atoms with Crippen LogP contribution >= 0.6 is 11.3 Å². The number of hydrogen-bond donors (Lipinski definition) is 1. The van der Waals surface area contributed by atoms with E-state index in [0.717, 1.165) is 14.8 Å². The molecule has 1 aromatic carbocycles. The number of nitrogens with zero attached hydrogens (tertiary/aromatic N) is 1. The first-order chi connectivity index (χ1) is 13.1. The van der Waals surface area contributed by atoms with Crippen molar-refractivity contribution in [3.63, 3.8) is 0 Å². The van der Waals surface area contributed by atoms with Crippen molar-refractivity contribution in [1.82, 2.24) is 10.4 Å². The second-order valence-electron chi connectivity index (χ2n) is 5.40. The fraction of sp³-hybridized carbons (Fsp3) is 0.150. The van der Waals surface area contributed by atoms with Crippen molar-refractivity contribution in [2.75, 3.05) is 13.2 Å². The molecule has 0 unspecified atom stereocenters. The lowest BCUT2D eigenvalue weighted by Crippen LogP contribution is -2.30. The van der Waals surface area contributed by atoms with Gasteiger partial charge in [-0.05, 0) is 24.3 Å². The number of nitrogens with one attached hydrogen (secondary N) is 1. The van der Waals surface area contributed by atoms with Crippen molar-refractivity contribution >= 4 is 29.1 Å². The van der Waals surface area contributed by atoms with Crippen molar-refractivity contribution in [3.05, 3.63) is 57.3 Å². The van der Waals surface area contributed by atoms with E-state index in [9.17, 15) is 14.4 Å². The Labute approximate surface area is 160 Å². The van der Waals surface area contributed by atoms with Crippen LogP contribution in [0.2, 0.25) is 0 Å². The molecule has 0 radical (unpaired) electrons. The van der Waals surface area contributed by atoms with Gasteiger partial charge < -0.3 is 5.32 Å². The fourth-order valence-electron chi connectivity index (χ4n) is 2.28. The topological polar surface area (TPSA) is 75.7 Å². The SMILES string of the molecule is CC(=O)NCC#Cc1ccc(C#CCON2C(=O)c3ccccc3C2=O)s1. The van der Waals surface area contributed by atoms with Crippen LogP contribution in [0, 0.1) is 23.7 Å². The summed E-state index contributed by atoms with van der Waals surface area (Å²) < 4.78 is 0. The molecule has 0 fully saturated rings. The van der Waals surface area contributed by atoms with Crippen LogP contribution in [0.25, 0.3) is 0 Å². The lowest BCUT2D eigenvalue weighted by atomic mass is 10.1. The molecule has 3 rings (SSSR count). The Morgan fingerprint density at radius 3 is 2.22 bits per heavy atom. The molecule has 1 aromatic heterocycles. The number of imide groups is 1. The van der Waals surface area contributed by atoms with Gasteiger partial charge in [0, 0.05) is 6.92 Å². The summed E-state index contributed by atoms with van der Waals surface area (Å²) in [5, 5.41) is 3.34. The van der Waals surface area contributed by atoms with Gasteiger partial charge in [0.25, 0.3) is 11.8 Å². The van der Waals surface area contributed by atoms with Crippen LogP contribution in [0.15, 0.2) is 36.4 Å². The van der Waals surface area contributed by atoms with E-state index in [1.165, 1.54) is 18.3 Å². The Kier molecular flexibility index (Phi) is 5.68. The average molecular weight is 378 g/mol. The van der Waals surface area contributed by atoms with Gasteiger partial charge in [0.05, 0.1) is 27.4 Å². The molecular formula is C20H14N2O4S. The van der Waals surface area contributed by atoms with E-state index in [1.54, 1.807) is 24.3 Å². The highest BCUT2D eigenvalue weighted by Crippen LogP contribution is 2.22. The van der Waals surface area contributed by atoms with E-state index in [4.69, 9.17) is 4.84 Å². The summed E-state index contributed by atoms with van der Waals surface area (Å²) in [4.78, 5) is 41.9. The number of thiophene rings is 1. The number of benzene rings is 1. The summed E-state index contributed by atoms with van der Waals surface area (Å²) in [5.41, 5.74) is 0.660. The molecule has 6 nitrogen and oxygen atoms in total. The number of rotatable bonds is 3. The minimum absolute atomic E-state index is 0.0904. The third kappa shape index (κ3) is 4.42. The van der Waals surface area contributed by atoms with Gasteiger partial charge in [-0.1, -0.05) is 35.8 Å². The number of carbonyl (C=O) groups excluding carboxylic acids is 3. The maximum atomic E-state index is 12.1. The molecule has 7 heteroatoms. The Bertz CT molecular complexity index is 998. The molecule has 2 heterocycles. The molecule has 27 heavy (non-hydrogen) atoms. The number of hydrogen-bond acceptors (Lipinski definition) is 5. The molecule has 1 aliphatic heterocycles. The van der Waals surface area contributed by atoms with Gasteiger partial charge in [0.15, 0.2) is 0 Å². The van der Waals surface area contributed by atoms with Crippen molar-refractivity contribution < 1.29 is 19.2 Å². The summed E-state index contributed by atoms with van der Waals surface area (Å²) in [6.45, 7) is 1.64. The number of hydroxylamine groups is 2. The quantitative estimate of drug-likeness (QED) is 0.653. The van der Waals surface area contributed by atoms with Gasteiger partial charge in [-0.15, -0.1) is 16.4 Å². The zero-order valence-corrected chi connectivity index (χ0v) is 15.2. The third-order valence-corrected chi connectivity index (χ3v) is 4.39. The highest BCUT2D eigenvalue weighted by atomic mass is 32.1. The van der Waals surface area contributed by atoms with Gasteiger partial charge in [-0.25, -0.2) is 4.84 Å². The maximum absolute atomic E-state index is 12.1. The molecule has 0 atom stereocenters. The predicted octanol–water partition coefficient (Wildman–Crippen LogP) is 1.82. The van der Waals surface area contributed by atoms with Crippen LogP contribution in [0.5, 0.6) is 0 Å². The molecule has 0 aliphatic carbocycles. The van der Waals surface area contributed by atoms with Crippen LogP contribution in [0.4, 0.5) is 0 Å². The zero-order valence-electron chi connectivity index (χ0n) is 14.4. The summed E-state index contributed by atoms with van der Waals surface area (Å²) >= 11 is 1.40. The number of fused-ring (bicyclic) bond motifs is 1. The molecule has 0 bridgehead atoms. The van der Waals surface area contributed by atoms with Gasteiger partial charge in [0.1, 0.15) is 6.61 Å². The zero-order chi connectivity index (χ0) is 19.2. The molecule has 2 aromatic rings. The molecule has 1 aliphatic rings. The third-order valence-electron chi connectivity index (χ3n) is 3.48. The van der Waals surface area contributed by atoms with Crippen molar-refractivity contribution in [3.8, 4) is 23.7 Å². The van der Waals surface area contributed by atoms with Gasteiger partial charge in [0.2, 0.25) is 5.91 Å². The lowest BCUT2D eigenvalue weighted by Gasteiger charge is -2.10. The average Bonchev–Trinajstić information content (AvgIpc) is 3.20. The largest absolute Gasteiger partial charge is 0.345 e. The lowest BCUT2D eigenvalue weighted by molar-refractivity contribution is -0.118. The Morgan fingerprint density at radius 1 is 1.04 bits per heavy atom. The van der Waals surface area contributed by atoms with E-state index in [0.29, 0.717) is 17.7 Å². The molecule has 0 saturated carbocycles. The van der Waals surface area contributed by atoms with Crippen LogP contribution in [0.1, 0.15) is 37.4 Å². The van der Waals surface area contributed by atoms with Gasteiger partial charge in [-0.3, -0.25) is 14.4 Å². The van der Waals surface area contributed by atoms with E-state index in [1.807, 2.05) is 12.1 Å². The molecular weight excluding hydrogens is 364 g/mol. The first-order valence-corrected chi connectivity index (χ1v) is 8.80. The highest BCUT2D eigenvalue weighted by Gasteiger charge is 2.36. The van der Waals surface area contributed by atoms with Crippen molar-refractivity contribution in [2.24, 2.45) is 0 Å².